The van der Waals surface area contributed by atoms with Crippen molar-refractivity contribution in [2.45, 2.75) is 26.4 Å². The molecule has 1 aromatic heterocycles. The molecule has 3 rings (SSSR count). The molecule has 1 aromatic carbocycles. The fourth-order valence-electron chi connectivity index (χ4n) is 2.73. The van der Waals surface area contributed by atoms with Crippen LogP contribution in [0.4, 0.5) is 17.3 Å². The van der Waals surface area contributed by atoms with E-state index in [4.69, 9.17) is 4.74 Å². The number of amides is 2. The minimum atomic E-state index is -1.23. The van der Waals surface area contributed by atoms with Gasteiger partial charge >= 0.3 is 5.82 Å². The Morgan fingerprint density at radius 2 is 2.00 bits per heavy atom. The predicted molar refractivity (Wildman–Crippen MR) is 97.8 cm³/mol. The van der Waals surface area contributed by atoms with Crippen LogP contribution in [0.25, 0.3) is 0 Å². The quantitative estimate of drug-likeness (QED) is 0.653. The lowest BCUT2D eigenvalue weighted by Crippen LogP contribution is -2.54. The van der Waals surface area contributed by atoms with E-state index in [1.165, 1.54) is 12.1 Å². The smallest absolute Gasteiger partial charge is 0.366 e. The number of fused-ring (bicyclic) bond motifs is 1. The van der Waals surface area contributed by atoms with Gasteiger partial charge in [0, 0.05) is 11.8 Å². The van der Waals surface area contributed by atoms with Crippen LogP contribution in [0.15, 0.2) is 36.4 Å². The molecule has 0 fully saturated rings. The lowest BCUT2D eigenvalue weighted by atomic mass is 10.1. The molecule has 2 heterocycles. The van der Waals surface area contributed by atoms with Gasteiger partial charge in [0.15, 0.2) is 11.4 Å². The highest BCUT2D eigenvalue weighted by atomic mass is 16.6. The van der Waals surface area contributed by atoms with E-state index in [0.717, 1.165) is 10.5 Å². The summed E-state index contributed by atoms with van der Waals surface area (Å²) < 4.78 is 5.61. The molecule has 2 amide bonds. The van der Waals surface area contributed by atoms with Crippen LogP contribution in [0.5, 0.6) is 5.75 Å². The van der Waals surface area contributed by atoms with Gasteiger partial charge in [-0.15, -0.1) is 0 Å². The predicted octanol–water partition coefficient (Wildman–Crippen LogP) is 2.44. The second-order valence-corrected chi connectivity index (χ2v) is 6.62. The van der Waals surface area contributed by atoms with E-state index in [9.17, 15) is 19.7 Å². The van der Waals surface area contributed by atoms with E-state index in [-0.39, 0.29) is 18.1 Å². The number of anilines is 2. The lowest BCUT2D eigenvalue weighted by molar-refractivity contribution is -0.389. The number of carbonyl (C=O) groups excluding carboxylic acids is 2. The molecule has 1 aliphatic heterocycles. The van der Waals surface area contributed by atoms with Crippen LogP contribution in [0.1, 0.15) is 19.4 Å². The Bertz CT molecular complexity index is 941. The molecule has 0 aliphatic carbocycles. The molecule has 0 radical (unpaired) electrons. The standard InChI is InChI=1S/C18H18N4O5/c1-11-6-4-5-7-12(11)19-15(23)10-21-16-13(27-18(2,3)17(21)24)8-9-14(20-16)22(25)26/h4-9H,10H2,1-3H3,(H,19,23). The number of nitrogens with one attached hydrogen (secondary N) is 1. The van der Waals surface area contributed by atoms with E-state index >= 15 is 0 Å². The Hall–Kier alpha value is -3.49. The zero-order chi connectivity index (χ0) is 19.8. The van der Waals surface area contributed by atoms with Gasteiger partial charge in [0.25, 0.3) is 11.7 Å². The number of ether oxygens (including phenoxy) is 1. The first-order valence-electron chi connectivity index (χ1n) is 8.21. The van der Waals surface area contributed by atoms with Crippen molar-refractivity contribution in [2.75, 3.05) is 16.8 Å². The topological polar surface area (TPSA) is 115 Å². The van der Waals surface area contributed by atoms with Crippen LogP contribution < -0.4 is 15.0 Å². The van der Waals surface area contributed by atoms with Crippen LogP contribution in [0.2, 0.25) is 0 Å². The fourth-order valence-corrected chi connectivity index (χ4v) is 2.73. The molecule has 1 N–H and O–H groups in total. The largest absolute Gasteiger partial charge is 0.472 e. The minimum Gasteiger partial charge on any atom is -0.472 e. The first-order chi connectivity index (χ1) is 12.7. The summed E-state index contributed by atoms with van der Waals surface area (Å²) in [7, 11) is 0. The molecule has 140 valence electrons. The van der Waals surface area contributed by atoms with Crippen LogP contribution in [0.3, 0.4) is 0 Å². The maximum absolute atomic E-state index is 12.8. The van der Waals surface area contributed by atoms with Crippen molar-refractivity contribution >= 4 is 29.1 Å². The Morgan fingerprint density at radius 1 is 1.30 bits per heavy atom. The first kappa shape index (κ1) is 18.3. The SMILES string of the molecule is Cc1ccccc1NC(=O)CN1C(=O)C(C)(C)Oc2ccc([N+](=O)[O-])nc21. The Labute approximate surface area is 155 Å². The van der Waals surface area contributed by atoms with Crippen molar-refractivity contribution in [3.8, 4) is 5.75 Å². The number of pyridine rings is 1. The first-order valence-corrected chi connectivity index (χ1v) is 8.21. The van der Waals surface area contributed by atoms with E-state index in [1.807, 2.05) is 19.1 Å². The number of hydrogen-bond donors (Lipinski definition) is 1. The summed E-state index contributed by atoms with van der Waals surface area (Å²) in [6.45, 7) is 4.62. The number of rotatable bonds is 4. The number of para-hydroxylation sites is 1. The van der Waals surface area contributed by atoms with Gasteiger partial charge in [-0.3, -0.25) is 14.5 Å². The van der Waals surface area contributed by atoms with Gasteiger partial charge in [-0.2, -0.15) is 0 Å². The summed E-state index contributed by atoms with van der Waals surface area (Å²) in [6.07, 6.45) is 0. The summed E-state index contributed by atoms with van der Waals surface area (Å²) in [5, 5.41) is 13.8. The van der Waals surface area contributed by atoms with Gasteiger partial charge in [0.2, 0.25) is 5.91 Å². The van der Waals surface area contributed by atoms with Gasteiger partial charge < -0.3 is 20.2 Å². The number of carbonyl (C=O) groups is 2. The minimum absolute atomic E-state index is 0.0477. The highest BCUT2D eigenvalue weighted by molar-refractivity contribution is 6.07. The van der Waals surface area contributed by atoms with E-state index in [0.29, 0.717) is 5.69 Å². The summed E-state index contributed by atoms with van der Waals surface area (Å²) in [4.78, 5) is 40.6. The van der Waals surface area contributed by atoms with Crippen LogP contribution in [-0.4, -0.2) is 33.9 Å². The maximum Gasteiger partial charge on any atom is 0.366 e. The third-order valence-electron chi connectivity index (χ3n) is 4.11. The average Bonchev–Trinajstić information content (AvgIpc) is 2.60. The average molecular weight is 370 g/mol. The zero-order valence-electron chi connectivity index (χ0n) is 15.1. The molecule has 0 bridgehead atoms. The monoisotopic (exact) mass is 370 g/mol. The van der Waals surface area contributed by atoms with Gasteiger partial charge in [0.1, 0.15) is 6.54 Å². The van der Waals surface area contributed by atoms with E-state index in [1.54, 1.807) is 26.0 Å². The third kappa shape index (κ3) is 3.57. The van der Waals surface area contributed by atoms with Crippen molar-refractivity contribution in [3.05, 3.63) is 52.1 Å². The summed E-state index contributed by atoms with van der Waals surface area (Å²) in [5.41, 5.74) is 0.261. The number of nitrogens with zero attached hydrogens (tertiary/aromatic N) is 3. The Morgan fingerprint density at radius 3 is 2.67 bits per heavy atom. The maximum atomic E-state index is 12.8. The summed E-state index contributed by atoms with van der Waals surface area (Å²) in [5.74, 6) is -1.24. The number of hydrogen-bond acceptors (Lipinski definition) is 6. The van der Waals surface area contributed by atoms with Gasteiger partial charge in [-0.05, 0) is 48.4 Å². The fraction of sp³-hybridized carbons (Fsp3) is 0.278. The molecule has 0 atom stereocenters. The van der Waals surface area contributed by atoms with Gasteiger partial charge in [0.05, 0.1) is 0 Å². The van der Waals surface area contributed by atoms with Crippen molar-refractivity contribution < 1.29 is 19.2 Å². The molecule has 0 spiro atoms. The number of aromatic nitrogens is 1. The second-order valence-electron chi connectivity index (χ2n) is 6.62. The highest BCUT2D eigenvalue weighted by Gasteiger charge is 2.45. The Kier molecular flexibility index (Phi) is 4.52. The molecular weight excluding hydrogens is 352 g/mol. The summed E-state index contributed by atoms with van der Waals surface area (Å²) >= 11 is 0. The number of nitro groups is 1. The third-order valence-corrected chi connectivity index (χ3v) is 4.11. The summed E-state index contributed by atoms with van der Waals surface area (Å²) in [6, 6.07) is 9.79. The van der Waals surface area contributed by atoms with Crippen molar-refractivity contribution in [3.63, 3.8) is 0 Å². The molecule has 0 unspecified atom stereocenters. The van der Waals surface area contributed by atoms with Crippen LogP contribution in [0, 0.1) is 17.0 Å². The zero-order valence-corrected chi connectivity index (χ0v) is 15.1. The molecule has 2 aromatic rings. The van der Waals surface area contributed by atoms with Gasteiger partial charge in [-0.1, -0.05) is 18.2 Å². The normalized spacial score (nSPS) is 14.9. The molecular formula is C18H18N4O5. The molecule has 0 saturated heterocycles. The van der Waals surface area contributed by atoms with E-state index in [2.05, 4.69) is 10.3 Å². The van der Waals surface area contributed by atoms with Crippen molar-refractivity contribution in [2.24, 2.45) is 0 Å². The highest BCUT2D eigenvalue weighted by Crippen LogP contribution is 2.37. The number of aryl methyl sites for hydroxylation is 1. The van der Waals surface area contributed by atoms with E-state index < -0.39 is 28.2 Å². The van der Waals surface area contributed by atoms with Crippen LogP contribution >= 0.6 is 0 Å². The molecule has 1 aliphatic rings. The molecule has 0 saturated carbocycles. The van der Waals surface area contributed by atoms with Gasteiger partial charge in [-0.25, -0.2) is 0 Å². The lowest BCUT2D eigenvalue weighted by Gasteiger charge is -2.35. The molecule has 9 nitrogen and oxygen atoms in total. The van der Waals surface area contributed by atoms with Crippen LogP contribution in [-0.2, 0) is 9.59 Å². The second kappa shape index (κ2) is 6.67. The van der Waals surface area contributed by atoms with Crippen molar-refractivity contribution in [1.82, 2.24) is 4.98 Å². The molecule has 9 heteroatoms. The number of benzene rings is 1. The Balaban J connectivity index is 1.92. The molecule has 27 heavy (non-hydrogen) atoms. The van der Waals surface area contributed by atoms with Crippen molar-refractivity contribution in [1.29, 1.82) is 0 Å².